The molecule has 252 valence electrons. The molecule has 10 nitrogen and oxygen atoms in total. The van der Waals surface area contributed by atoms with Crippen LogP contribution < -0.4 is 10.6 Å². The zero-order valence-corrected chi connectivity index (χ0v) is 30.4. The predicted molar refractivity (Wildman–Crippen MR) is 189 cm³/mol. The van der Waals surface area contributed by atoms with Gasteiger partial charge in [0.05, 0.1) is 42.9 Å². The van der Waals surface area contributed by atoms with Gasteiger partial charge in [0.1, 0.15) is 11.2 Å². The van der Waals surface area contributed by atoms with Gasteiger partial charge in [-0.25, -0.2) is 18.0 Å². The average molecular weight is 727 g/mol. The van der Waals surface area contributed by atoms with Crippen molar-refractivity contribution in [1.29, 1.82) is 0 Å². The van der Waals surface area contributed by atoms with E-state index in [4.69, 9.17) is 9.47 Å². The Kier molecular flexibility index (Phi) is 9.93. The van der Waals surface area contributed by atoms with Crippen molar-refractivity contribution in [2.75, 3.05) is 10.6 Å². The Morgan fingerprint density at radius 1 is 0.708 bits per heavy atom. The van der Waals surface area contributed by atoms with Gasteiger partial charge < -0.3 is 9.47 Å². The lowest BCUT2D eigenvalue weighted by Gasteiger charge is -2.20. The molecule has 4 heterocycles. The highest BCUT2D eigenvalue weighted by molar-refractivity contribution is 7.98. The Bertz CT molecular complexity index is 2030. The van der Waals surface area contributed by atoms with E-state index in [2.05, 4.69) is 10.6 Å². The minimum atomic E-state index is -3.69. The number of benzene rings is 2. The van der Waals surface area contributed by atoms with Crippen LogP contribution in [0.4, 0.5) is 21.0 Å². The fraction of sp³-hybridized carbons (Fsp3) is 0.294. The van der Waals surface area contributed by atoms with Crippen LogP contribution >= 0.6 is 34.4 Å². The predicted octanol–water partition coefficient (Wildman–Crippen LogP) is 8.55. The molecule has 2 aliphatic heterocycles. The number of carbonyl (C=O) groups is 4. The number of thiophene rings is 2. The quantitative estimate of drug-likeness (QED) is 0.208. The minimum absolute atomic E-state index is 0.0189. The largest absolute Gasteiger partial charge is 0.444 e. The van der Waals surface area contributed by atoms with Crippen molar-refractivity contribution < 1.29 is 37.1 Å². The maximum absolute atomic E-state index is 12.9. The second kappa shape index (κ2) is 13.5. The summed E-state index contributed by atoms with van der Waals surface area (Å²) in [6.07, 6.45) is -1.30. The molecule has 0 saturated carbocycles. The second-order valence-corrected chi connectivity index (χ2v) is 17.7. The number of anilines is 2. The smallest absolute Gasteiger partial charge is 0.412 e. The van der Waals surface area contributed by atoms with Crippen molar-refractivity contribution >= 4 is 79.4 Å². The van der Waals surface area contributed by atoms with Gasteiger partial charge >= 0.3 is 12.2 Å². The summed E-state index contributed by atoms with van der Waals surface area (Å²) in [6.45, 7) is 10.5. The van der Waals surface area contributed by atoms with Crippen molar-refractivity contribution in [3.63, 3.8) is 0 Å². The molecule has 2 aliphatic rings. The monoisotopic (exact) mass is 726 g/mol. The summed E-state index contributed by atoms with van der Waals surface area (Å²) in [4.78, 5) is 51.9. The Hall–Kier alpha value is -3.98. The molecule has 0 spiro atoms. The maximum atomic E-state index is 12.9. The molecule has 6 rings (SSSR count). The third kappa shape index (κ3) is 8.00. The Labute approximate surface area is 291 Å². The summed E-state index contributed by atoms with van der Waals surface area (Å²) in [6, 6.07) is 13.5. The first kappa shape index (κ1) is 35.3. The van der Waals surface area contributed by atoms with Gasteiger partial charge in [0.2, 0.25) is 11.6 Å². The van der Waals surface area contributed by atoms with Gasteiger partial charge in [-0.2, -0.15) is 0 Å². The number of hydrogen-bond donors (Lipinski definition) is 2. The first-order valence-corrected chi connectivity index (χ1v) is 19.2. The SMILES string of the molecule is CC(C)(C)OC(=O)Nc1cccc2c1C(=O)c1sccc1CS2.CC(C)(C)OC(=O)Nc1cccc2c1C(=O)c1sccc1CS2(=O)=O. The molecule has 2 amide bonds. The molecule has 0 atom stereocenters. The van der Waals surface area contributed by atoms with Crippen molar-refractivity contribution in [2.45, 2.75) is 74.0 Å². The van der Waals surface area contributed by atoms with Crippen molar-refractivity contribution in [3.8, 4) is 0 Å². The number of ketones is 2. The van der Waals surface area contributed by atoms with Gasteiger partial charge in [-0.05, 0) is 99.8 Å². The fourth-order valence-corrected chi connectivity index (χ4v) is 9.51. The number of rotatable bonds is 2. The van der Waals surface area contributed by atoms with Gasteiger partial charge in [0.25, 0.3) is 0 Å². The van der Waals surface area contributed by atoms with Crippen LogP contribution in [0.1, 0.15) is 83.1 Å². The average Bonchev–Trinajstić information content (AvgIpc) is 3.58. The van der Waals surface area contributed by atoms with Crippen LogP contribution in [0.25, 0.3) is 0 Å². The van der Waals surface area contributed by atoms with E-state index in [0.29, 0.717) is 21.7 Å². The van der Waals surface area contributed by atoms with E-state index in [1.54, 1.807) is 70.8 Å². The molecule has 2 aromatic carbocycles. The third-order valence-electron chi connectivity index (χ3n) is 6.75. The van der Waals surface area contributed by atoms with Gasteiger partial charge in [0, 0.05) is 10.6 Å². The molecule has 2 N–H and O–H groups in total. The Balaban J connectivity index is 0.000000188. The minimum Gasteiger partial charge on any atom is -0.444 e. The molecule has 0 radical (unpaired) electrons. The zero-order valence-electron chi connectivity index (χ0n) is 27.1. The molecule has 48 heavy (non-hydrogen) atoms. The topological polar surface area (TPSA) is 145 Å². The van der Waals surface area contributed by atoms with E-state index >= 15 is 0 Å². The van der Waals surface area contributed by atoms with E-state index in [1.807, 2.05) is 23.6 Å². The van der Waals surface area contributed by atoms with Crippen LogP contribution in [-0.4, -0.2) is 43.4 Å². The highest BCUT2D eigenvalue weighted by atomic mass is 32.2. The first-order chi connectivity index (χ1) is 22.4. The lowest BCUT2D eigenvalue weighted by molar-refractivity contribution is 0.0624. The molecule has 14 heteroatoms. The normalized spacial score (nSPS) is 14.8. The highest BCUT2D eigenvalue weighted by Crippen LogP contribution is 2.39. The highest BCUT2D eigenvalue weighted by Gasteiger charge is 2.34. The lowest BCUT2D eigenvalue weighted by atomic mass is 10.1. The summed E-state index contributed by atoms with van der Waals surface area (Å²) in [5, 5.41) is 8.84. The summed E-state index contributed by atoms with van der Waals surface area (Å²) >= 11 is 4.24. The summed E-state index contributed by atoms with van der Waals surface area (Å²) in [7, 11) is -3.69. The van der Waals surface area contributed by atoms with Gasteiger partial charge in [-0.15, -0.1) is 34.4 Å². The van der Waals surface area contributed by atoms with Crippen molar-refractivity contribution in [1.82, 2.24) is 0 Å². The van der Waals surface area contributed by atoms with Crippen LogP contribution in [0.3, 0.4) is 0 Å². The van der Waals surface area contributed by atoms with E-state index in [-0.39, 0.29) is 27.7 Å². The fourth-order valence-electron chi connectivity index (χ4n) is 4.91. The molecule has 4 aromatic rings. The van der Waals surface area contributed by atoms with Crippen molar-refractivity contribution in [3.05, 3.63) is 91.3 Å². The van der Waals surface area contributed by atoms with E-state index in [1.165, 1.54) is 40.9 Å². The summed E-state index contributed by atoms with van der Waals surface area (Å²) in [5.74, 6) is 0.0721. The third-order valence-corrected chi connectivity index (χ3v) is 11.5. The van der Waals surface area contributed by atoms with Gasteiger partial charge in [0.15, 0.2) is 9.84 Å². The summed E-state index contributed by atoms with van der Waals surface area (Å²) < 4.78 is 35.8. The molecule has 0 aliphatic carbocycles. The number of ether oxygens (including phenoxy) is 2. The number of fused-ring (bicyclic) bond motifs is 4. The zero-order chi connectivity index (χ0) is 35.0. The van der Waals surface area contributed by atoms with Crippen LogP contribution in [0, 0.1) is 0 Å². The van der Waals surface area contributed by atoms with E-state index in [9.17, 15) is 27.6 Å². The maximum Gasteiger partial charge on any atom is 0.412 e. The van der Waals surface area contributed by atoms with Crippen LogP contribution in [0.2, 0.25) is 0 Å². The number of nitrogens with one attached hydrogen (secondary N) is 2. The molecule has 0 saturated heterocycles. The van der Waals surface area contributed by atoms with Crippen LogP contribution in [0.15, 0.2) is 69.1 Å². The molecule has 0 unspecified atom stereocenters. The Morgan fingerprint density at radius 3 is 1.79 bits per heavy atom. The molecule has 0 bridgehead atoms. The standard InChI is InChI=1S/C17H17NO5S2.C17H17NO3S2/c1-17(2,3)23-16(20)18-11-5-4-6-12-13(11)14(19)15-10(7-8-24-15)9-25(12,21)22;1-17(2,3)21-16(20)18-11-5-4-6-12-13(11)14(19)15-10(9-23-12)7-8-22-15/h4-8H,9H2,1-3H3,(H,18,20);4-8H,9H2,1-3H3,(H,18,20). The van der Waals surface area contributed by atoms with Gasteiger partial charge in [-0.1, -0.05) is 12.1 Å². The van der Waals surface area contributed by atoms with E-state index in [0.717, 1.165) is 21.1 Å². The van der Waals surface area contributed by atoms with Gasteiger partial charge in [-0.3, -0.25) is 20.2 Å². The number of sulfone groups is 1. The number of hydrogen-bond acceptors (Lipinski definition) is 11. The van der Waals surface area contributed by atoms with Crippen molar-refractivity contribution in [2.24, 2.45) is 0 Å². The lowest BCUT2D eigenvalue weighted by Crippen LogP contribution is -2.28. The molecular weight excluding hydrogens is 693 g/mol. The van der Waals surface area contributed by atoms with Crippen LogP contribution in [0.5, 0.6) is 0 Å². The molecular formula is C34H34N2O8S4. The Morgan fingerprint density at radius 2 is 1.21 bits per heavy atom. The number of carbonyl (C=O) groups excluding carboxylic acids is 4. The summed E-state index contributed by atoms with van der Waals surface area (Å²) in [5.41, 5.74) is 1.37. The number of amides is 2. The van der Waals surface area contributed by atoms with Crippen LogP contribution in [-0.2, 0) is 30.8 Å². The molecule has 2 aromatic heterocycles. The van der Waals surface area contributed by atoms with E-state index < -0.39 is 39.0 Å². The number of thioether (sulfide) groups is 1. The first-order valence-electron chi connectivity index (χ1n) is 14.8. The molecule has 0 fully saturated rings. The second-order valence-electron chi connectivity index (χ2n) is 12.9.